The van der Waals surface area contributed by atoms with E-state index < -0.39 is 0 Å². The molecule has 0 saturated heterocycles. The summed E-state index contributed by atoms with van der Waals surface area (Å²) >= 11 is 0. The van der Waals surface area contributed by atoms with Crippen LogP contribution in [0.15, 0.2) is 0 Å². The zero-order valence-corrected chi connectivity index (χ0v) is 10.5. The maximum Gasteiger partial charge on any atom is 0.146 e. The van der Waals surface area contributed by atoms with Crippen LogP contribution in [0.3, 0.4) is 0 Å². The Morgan fingerprint density at radius 1 is 1.38 bits per heavy atom. The largest absolute Gasteiger partial charge is 0.324 e. The summed E-state index contributed by atoms with van der Waals surface area (Å²) < 4.78 is 2.08. The van der Waals surface area contributed by atoms with Crippen molar-refractivity contribution in [3.05, 3.63) is 11.6 Å². The van der Waals surface area contributed by atoms with E-state index in [1.54, 1.807) is 0 Å². The van der Waals surface area contributed by atoms with Crippen LogP contribution in [0.1, 0.15) is 57.1 Å². The van der Waals surface area contributed by atoms with Crippen LogP contribution in [-0.2, 0) is 13.6 Å². The van der Waals surface area contributed by atoms with Crippen LogP contribution in [0, 0.1) is 5.41 Å². The zero-order chi connectivity index (χ0) is 11.8. The maximum absolute atomic E-state index is 5.64. The second-order valence-corrected chi connectivity index (χ2v) is 5.52. The lowest BCUT2D eigenvalue weighted by Crippen LogP contribution is -2.28. The van der Waals surface area contributed by atoms with E-state index >= 15 is 0 Å². The molecule has 0 bridgehead atoms. The third kappa shape index (κ3) is 1.86. The minimum atomic E-state index is 0.338. The van der Waals surface area contributed by atoms with Crippen molar-refractivity contribution in [1.82, 2.24) is 14.8 Å². The number of nitrogens with two attached hydrogens (primary N) is 1. The molecular formula is C12H22N4. The number of nitrogens with zero attached hydrogens (tertiary/aromatic N) is 3. The monoisotopic (exact) mass is 222 g/mol. The molecule has 4 heteroatoms. The van der Waals surface area contributed by atoms with Gasteiger partial charge in [-0.1, -0.05) is 26.7 Å². The number of rotatable bonds is 2. The molecule has 0 aromatic carbocycles. The second-order valence-electron chi connectivity index (χ2n) is 5.52. The van der Waals surface area contributed by atoms with Crippen LogP contribution < -0.4 is 5.73 Å². The van der Waals surface area contributed by atoms with Gasteiger partial charge in [-0.25, -0.2) is 0 Å². The molecule has 1 fully saturated rings. The summed E-state index contributed by atoms with van der Waals surface area (Å²) in [4.78, 5) is 0. The van der Waals surface area contributed by atoms with Crippen LogP contribution in [0.25, 0.3) is 0 Å². The SMILES string of the molecule is Cn1c(CN)nnc1C1CCCCC1(C)C. The van der Waals surface area contributed by atoms with Gasteiger partial charge in [-0.15, -0.1) is 10.2 Å². The first-order valence-electron chi connectivity index (χ1n) is 6.14. The van der Waals surface area contributed by atoms with Gasteiger partial charge in [0.15, 0.2) is 0 Å². The molecule has 1 aliphatic carbocycles. The zero-order valence-electron chi connectivity index (χ0n) is 10.5. The van der Waals surface area contributed by atoms with Crippen LogP contribution in [0.5, 0.6) is 0 Å². The highest BCUT2D eigenvalue weighted by Crippen LogP contribution is 2.45. The fourth-order valence-electron chi connectivity index (χ4n) is 2.83. The lowest BCUT2D eigenvalue weighted by molar-refractivity contribution is 0.189. The highest BCUT2D eigenvalue weighted by atomic mass is 15.3. The molecule has 16 heavy (non-hydrogen) atoms. The molecule has 0 amide bonds. The molecule has 2 N–H and O–H groups in total. The molecule has 1 atom stereocenters. The molecule has 2 rings (SSSR count). The summed E-state index contributed by atoms with van der Waals surface area (Å²) in [5.74, 6) is 2.53. The Labute approximate surface area is 97.2 Å². The van der Waals surface area contributed by atoms with E-state index in [1.165, 1.54) is 25.7 Å². The first kappa shape index (κ1) is 11.6. The number of hydrogen-bond donors (Lipinski definition) is 1. The van der Waals surface area contributed by atoms with Crippen molar-refractivity contribution < 1.29 is 0 Å². The molecule has 4 nitrogen and oxygen atoms in total. The highest BCUT2D eigenvalue weighted by Gasteiger charge is 2.36. The van der Waals surface area contributed by atoms with Gasteiger partial charge in [-0.3, -0.25) is 0 Å². The molecule has 0 radical (unpaired) electrons. The fourth-order valence-corrected chi connectivity index (χ4v) is 2.83. The number of aromatic nitrogens is 3. The quantitative estimate of drug-likeness (QED) is 0.832. The minimum absolute atomic E-state index is 0.338. The Morgan fingerprint density at radius 2 is 2.12 bits per heavy atom. The highest BCUT2D eigenvalue weighted by molar-refractivity contribution is 5.07. The molecule has 1 heterocycles. The summed E-state index contributed by atoms with van der Waals surface area (Å²) in [5.41, 5.74) is 5.98. The van der Waals surface area contributed by atoms with Gasteiger partial charge in [0.05, 0.1) is 6.54 Å². The van der Waals surface area contributed by atoms with E-state index in [-0.39, 0.29) is 0 Å². The maximum atomic E-state index is 5.64. The van der Waals surface area contributed by atoms with E-state index in [1.807, 2.05) is 7.05 Å². The van der Waals surface area contributed by atoms with Gasteiger partial charge >= 0.3 is 0 Å². The molecule has 1 aromatic rings. The predicted octanol–water partition coefficient (Wildman–Crippen LogP) is 1.96. The lowest BCUT2D eigenvalue weighted by atomic mass is 9.68. The van der Waals surface area contributed by atoms with Gasteiger partial charge in [0, 0.05) is 13.0 Å². The lowest BCUT2D eigenvalue weighted by Gasteiger charge is -2.37. The fraction of sp³-hybridized carbons (Fsp3) is 0.833. The Kier molecular flexibility index (Phi) is 3.02. The van der Waals surface area contributed by atoms with Gasteiger partial charge in [-0.2, -0.15) is 0 Å². The first-order chi connectivity index (χ1) is 7.56. The van der Waals surface area contributed by atoms with E-state index in [2.05, 4.69) is 28.6 Å². The van der Waals surface area contributed by atoms with Crippen molar-refractivity contribution in [2.75, 3.05) is 0 Å². The second kappa shape index (κ2) is 4.17. The third-order valence-electron chi connectivity index (χ3n) is 4.00. The molecule has 1 aromatic heterocycles. The molecule has 90 valence electrons. The molecule has 0 aliphatic heterocycles. The molecule has 1 aliphatic rings. The van der Waals surface area contributed by atoms with Crippen molar-refractivity contribution >= 4 is 0 Å². The van der Waals surface area contributed by atoms with E-state index in [0.29, 0.717) is 17.9 Å². The van der Waals surface area contributed by atoms with Gasteiger partial charge in [0.25, 0.3) is 0 Å². The first-order valence-corrected chi connectivity index (χ1v) is 6.14. The average Bonchev–Trinajstić information content (AvgIpc) is 2.59. The smallest absolute Gasteiger partial charge is 0.146 e. The Hall–Kier alpha value is -0.900. The summed E-state index contributed by atoms with van der Waals surface area (Å²) in [6.45, 7) is 5.15. The number of hydrogen-bond acceptors (Lipinski definition) is 3. The summed E-state index contributed by atoms with van der Waals surface area (Å²) in [6, 6.07) is 0. The van der Waals surface area contributed by atoms with Crippen molar-refractivity contribution in [3.8, 4) is 0 Å². The average molecular weight is 222 g/mol. The predicted molar refractivity (Wildman–Crippen MR) is 63.9 cm³/mol. The summed E-state index contributed by atoms with van der Waals surface area (Å²) in [6.07, 6.45) is 5.15. The Bertz CT molecular complexity index is 367. The normalized spacial score (nSPS) is 24.6. The molecular weight excluding hydrogens is 200 g/mol. The Morgan fingerprint density at radius 3 is 2.69 bits per heavy atom. The van der Waals surface area contributed by atoms with Crippen LogP contribution in [0.4, 0.5) is 0 Å². The van der Waals surface area contributed by atoms with E-state index in [4.69, 9.17) is 5.73 Å². The van der Waals surface area contributed by atoms with E-state index in [9.17, 15) is 0 Å². The van der Waals surface area contributed by atoms with Gasteiger partial charge in [0.1, 0.15) is 11.6 Å². The van der Waals surface area contributed by atoms with E-state index in [0.717, 1.165) is 11.6 Å². The van der Waals surface area contributed by atoms with Crippen molar-refractivity contribution in [1.29, 1.82) is 0 Å². The molecule has 1 saturated carbocycles. The van der Waals surface area contributed by atoms with Crippen molar-refractivity contribution in [3.63, 3.8) is 0 Å². The van der Waals surface area contributed by atoms with Crippen molar-refractivity contribution in [2.45, 2.75) is 52.0 Å². The summed E-state index contributed by atoms with van der Waals surface area (Å²) in [7, 11) is 2.03. The van der Waals surface area contributed by atoms with Gasteiger partial charge in [-0.05, 0) is 18.3 Å². The molecule has 1 unspecified atom stereocenters. The topological polar surface area (TPSA) is 56.7 Å². The Balaban J connectivity index is 2.31. The standard InChI is InChI=1S/C12H22N4/c1-12(2)7-5-4-6-9(12)11-15-14-10(8-13)16(11)3/h9H,4-8,13H2,1-3H3. The van der Waals surface area contributed by atoms with Gasteiger partial charge < -0.3 is 10.3 Å². The minimum Gasteiger partial charge on any atom is -0.324 e. The van der Waals surface area contributed by atoms with Crippen LogP contribution in [-0.4, -0.2) is 14.8 Å². The summed E-state index contributed by atoms with van der Waals surface area (Å²) in [5, 5.41) is 8.50. The van der Waals surface area contributed by atoms with Crippen LogP contribution >= 0.6 is 0 Å². The van der Waals surface area contributed by atoms with Gasteiger partial charge in [0.2, 0.25) is 0 Å². The van der Waals surface area contributed by atoms with Crippen molar-refractivity contribution in [2.24, 2.45) is 18.2 Å². The van der Waals surface area contributed by atoms with Crippen LogP contribution in [0.2, 0.25) is 0 Å². The third-order valence-corrected chi connectivity index (χ3v) is 4.00. The molecule has 0 spiro atoms.